The van der Waals surface area contributed by atoms with E-state index in [1.807, 2.05) is 37.5 Å². The van der Waals surface area contributed by atoms with Gasteiger partial charge in [0.05, 0.1) is 0 Å². The highest BCUT2D eigenvalue weighted by Crippen LogP contribution is 2.14. The van der Waals surface area contributed by atoms with E-state index in [-0.39, 0.29) is 5.84 Å². The summed E-state index contributed by atoms with van der Waals surface area (Å²) < 4.78 is 2.09. The van der Waals surface area contributed by atoms with Crippen molar-refractivity contribution in [1.82, 2.24) is 9.55 Å². The molecule has 2 rings (SSSR count). The van der Waals surface area contributed by atoms with Gasteiger partial charge in [-0.05, 0) is 18.6 Å². The minimum absolute atomic E-state index is 0.0968. The number of nitrogens with zero attached hydrogens (tertiary/aromatic N) is 3. The molecule has 0 radical (unpaired) electrons. The summed E-state index contributed by atoms with van der Waals surface area (Å²) >= 11 is 0. The zero-order chi connectivity index (χ0) is 13.8. The van der Waals surface area contributed by atoms with Crippen LogP contribution in [0.2, 0.25) is 0 Å². The molecule has 100 valence electrons. The molecule has 0 aliphatic carbocycles. The third-order valence-corrected chi connectivity index (χ3v) is 3.03. The average Bonchev–Trinajstić information content (AvgIpc) is 2.87. The Morgan fingerprint density at radius 3 is 2.95 bits per heavy atom. The monoisotopic (exact) mass is 257 g/mol. The van der Waals surface area contributed by atoms with Gasteiger partial charge in [0.15, 0.2) is 0 Å². The maximum atomic E-state index is 7.47. The van der Waals surface area contributed by atoms with Crippen molar-refractivity contribution in [2.24, 2.45) is 5.73 Å². The zero-order valence-electron chi connectivity index (χ0n) is 11.3. The normalized spacial score (nSPS) is 10.4. The summed E-state index contributed by atoms with van der Waals surface area (Å²) in [6.45, 7) is 3.72. The van der Waals surface area contributed by atoms with Crippen molar-refractivity contribution in [3.05, 3.63) is 47.8 Å². The van der Waals surface area contributed by atoms with E-state index in [0.29, 0.717) is 0 Å². The molecule has 0 spiro atoms. The van der Waals surface area contributed by atoms with Crippen LogP contribution in [0.3, 0.4) is 0 Å². The first kappa shape index (κ1) is 13.1. The SMILES string of the molecule is CCn1ccnc1N(C)Cc1cccc(C(=N)N)c1. The third kappa shape index (κ3) is 2.93. The van der Waals surface area contributed by atoms with E-state index in [2.05, 4.69) is 21.4 Å². The van der Waals surface area contributed by atoms with E-state index in [4.69, 9.17) is 11.1 Å². The molecule has 3 N–H and O–H groups in total. The Hall–Kier alpha value is -2.30. The van der Waals surface area contributed by atoms with Gasteiger partial charge in [-0.15, -0.1) is 0 Å². The number of aromatic nitrogens is 2. The minimum atomic E-state index is 0.0968. The lowest BCUT2D eigenvalue weighted by Gasteiger charge is -2.19. The Morgan fingerprint density at radius 1 is 1.47 bits per heavy atom. The Labute approximate surface area is 113 Å². The van der Waals surface area contributed by atoms with E-state index < -0.39 is 0 Å². The van der Waals surface area contributed by atoms with Gasteiger partial charge in [0.1, 0.15) is 5.84 Å². The largest absolute Gasteiger partial charge is 0.384 e. The number of hydrogen-bond acceptors (Lipinski definition) is 3. The molecule has 0 fully saturated rings. The van der Waals surface area contributed by atoms with Gasteiger partial charge in [0, 0.05) is 38.1 Å². The molecule has 0 bridgehead atoms. The number of nitrogens with one attached hydrogen (secondary N) is 1. The molecule has 2 aromatic rings. The summed E-state index contributed by atoms with van der Waals surface area (Å²) in [5.41, 5.74) is 7.37. The Kier molecular flexibility index (Phi) is 3.85. The number of nitrogen functional groups attached to an aromatic ring is 1. The van der Waals surface area contributed by atoms with Crippen molar-refractivity contribution in [2.45, 2.75) is 20.0 Å². The highest BCUT2D eigenvalue weighted by atomic mass is 15.3. The smallest absolute Gasteiger partial charge is 0.205 e. The molecular formula is C14H19N5. The van der Waals surface area contributed by atoms with Gasteiger partial charge in [-0.3, -0.25) is 5.41 Å². The number of benzene rings is 1. The fraction of sp³-hybridized carbons (Fsp3) is 0.286. The van der Waals surface area contributed by atoms with E-state index in [1.54, 1.807) is 6.20 Å². The number of amidine groups is 1. The quantitative estimate of drug-likeness (QED) is 0.634. The molecule has 1 aromatic carbocycles. The van der Waals surface area contributed by atoms with Gasteiger partial charge in [0.25, 0.3) is 0 Å². The number of rotatable bonds is 5. The van der Waals surface area contributed by atoms with Crippen LogP contribution in [0.25, 0.3) is 0 Å². The molecule has 0 atom stereocenters. The second kappa shape index (κ2) is 5.56. The second-order valence-corrected chi connectivity index (χ2v) is 4.48. The van der Waals surface area contributed by atoms with Crippen LogP contribution < -0.4 is 10.6 Å². The van der Waals surface area contributed by atoms with Crippen LogP contribution in [-0.4, -0.2) is 22.4 Å². The summed E-state index contributed by atoms with van der Waals surface area (Å²) in [7, 11) is 2.01. The van der Waals surface area contributed by atoms with Crippen LogP contribution in [0.15, 0.2) is 36.7 Å². The molecule has 0 aliphatic heterocycles. The maximum Gasteiger partial charge on any atom is 0.205 e. The lowest BCUT2D eigenvalue weighted by atomic mass is 10.1. The number of aryl methyl sites for hydroxylation is 1. The first-order chi connectivity index (χ1) is 9.11. The van der Waals surface area contributed by atoms with Gasteiger partial charge in [-0.25, -0.2) is 4.98 Å². The number of nitrogens with two attached hydrogens (primary N) is 1. The lowest BCUT2D eigenvalue weighted by molar-refractivity contribution is 0.725. The average molecular weight is 257 g/mol. The van der Waals surface area contributed by atoms with E-state index in [0.717, 1.165) is 30.2 Å². The minimum Gasteiger partial charge on any atom is -0.384 e. The fourth-order valence-corrected chi connectivity index (χ4v) is 2.07. The molecule has 0 amide bonds. The molecule has 0 aliphatic rings. The topological polar surface area (TPSA) is 70.9 Å². The third-order valence-electron chi connectivity index (χ3n) is 3.03. The van der Waals surface area contributed by atoms with E-state index >= 15 is 0 Å². The molecule has 19 heavy (non-hydrogen) atoms. The second-order valence-electron chi connectivity index (χ2n) is 4.48. The predicted octanol–water partition coefficient (Wildman–Crippen LogP) is 1.82. The molecule has 0 saturated carbocycles. The van der Waals surface area contributed by atoms with Gasteiger partial charge < -0.3 is 15.2 Å². The zero-order valence-corrected chi connectivity index (χ0v) is 11.3. The molecule has 5 nitrogen and oxygen atoms in total. The van der Waals surface area contributed by atoms with Gasteiger partial charge in [-0.1, -0.05) is 18.2 Å². The maximum absolute atomic E-state index is 7.47. The van der Waals surface area contributed by atoms with Crippen LogP contribution in [0.4, 0.5) is 5.95 Å². The number of hydrogen-bond donors (Lipinski definition) is 2. The highest BCUT2D eigenvalue weighted by molar-refractivity contribution is 5.95. The molecule has 5 heteroatoms. The standard InChI is InChI=1S/C14H19N5/c1-3-19-8-7-17-14(19)18(2)10-11-5-4-6-12(9-11)13(15)16/h4-9H,3,10H2,1-2H3,(H3,15,16). The van der Waals surface area contributed by atoms with Crippen molar-refractivity contribution in [2.75, 3.05) is 11.9 Å². The van der Waals surface area contributed by atoms with Crippen LogP contribution in [0.5, 0.6) is 0 Å². The summed E-state index contributed by atoms with van der Waals surface area (Å²) in [5.74, 6) is 1.04. The summed E-state index contributed by atoms with van der Waals surface area (Å²) in [5, 5.41) is 7.47. The Morgan fingerprint density at radius 2 is 2.26 bits per heavy atom. The summed E-state index contributed by atoms with van der Waals surface area (Å²) in [6.07, 6.45) is 3.78. The van der Waals surface area contributed by atoms with Crippen LogP contribution >= 0.6 is 0 Å². The van der Waals surface area contributed by atoms with Crippen molar-refractivity contribution in [3.63, 3.8) is 0 Å². The van der Waals surface area contributed by atoms with Gasteiger partial charge >= 0.3 is 0 Å². The van der Waals surface area contributed by atoms with Crippen LogP contribution in [0.1, 0.15) is 18.1 Å². The Balaban J connectivity index is 2.17. The van der Waals surface area contributed by atoms with Crippen LogP contribution in [-0.2, 0) is 13.1 Å². The van der Waals surface area contributed by atoms with Crippen molar-refractivity contribution in [1.29, 1.82) is 5.41 Å². The molecule has 0 saturated heterocycles. The van der Waals surface area contributed by atoms with E-state index in [1.165, 1.54) is 0 Å². The molecule has 0 unspecified atom stereocenters. The van der Waals surface area contributed by atoms with E-state index in [9.17, 15) is 0 Å². The molecule has 1 heterocycles. The predicted molar refractivity (Wildman–Crippen MR) is 77.5 cm³/mol. The van der Waals surface area contributed by atoms with Crippen molar-refractivity contribution in [3.8, 4) is 0 Å². The Bertz CT molecular complexity index is 573. The first-order valence-electron chi connectivity index (χ1n) is 6.27. The summed E-state index contributed by atoms with van der Waals surface area (Å²) in [4.78, 5) is 6.45. The number of imidazole rings is 1. The number of anilines is 1. The van der Waals surface area contributed by atoms with Crippen LogP contribution in [0, 0.1) is 5.41 Å². The lowest BCUT2D eigenvalue weighted by Crippen LogP contribution is -2.21. The molecular weight excluding hydrogens is 238 g/mol. The van der Waals surface area contributed by atoms with Crippen molar-refractivity contribution < 1.29 is 0 Å². The van der Waals surface area contributed by atoms with Gasteiger partial charge in [0.2, 0.25) is 5.95 Å². The summed E-state index contributed by atoms with van der Waals surface area (Å²) in [6, 6.07) is 7.74. The van der Waals surface area contributed by atoms with Gasteiger partial charge in [-0.2, -0.15) is 0 Å². The van der Waals surface area contributed by atoms with Crippen molar-refractivity contribution >= 4 is 11.8 Å². The fourth-order valence-electron chi connectivity index (χ4n) is 2.07. The molecule has 1 aromatic heterocycles. The first-order valence-corrected chi connectivity index (χ1v) is 6.27. The highest BCUT2D eigenvalue weighted by Gasteiger charge is 2.08.